The molecule has 0 saturated carbocycles. The van der Waals surface area contributed by atoms with Crippen molar-refractivity contribution in [2.24, 2.45) is 5.16 Å². The first-order valence-corrected chi connectivity index (χ1v) is 11.4. The molecule has 3 aliphatic heterocycles. The first kappa shape index (κ1) is 18.8. The minimum Gasteiger partial charge on any atom is -0.394 e. The normalized spacial score (nSPS) is 28.6. The third-order valence-electron chi connectivity index (χ3n) is 5.07. The molecule has 7 nitrogen and oxygen atoms in total. The van der Waals surface area contributed by atoms with Crippen LogP contribution in [-0.4, -0.2) is 76.0 Å². The van der Waals surface area contributed by atoms with Crippen LogP contribution >= 0.6 is 11.8 Å². The van der Waals surface area contributed by atoms with E-state index in [1.54, 1.807) is 13.1 Å². The van der Waals surface area contributed by atoms with E-state index in [0.717, 1.165) is 38.4 Å². The minimum atomic E-state index is -3.50. The molecule has 3 heterocycles. The summed E-state index contributed by atoms with van der Waals surface area (Å²) in [6, 6.07) is 7.46. The summed E-state index contributed by atoms with van der Waals surface area (Å²) in [5.41, 5.74) is 2.12. The van der Waals surface area contributed by atoms with Crippen molar-refractivity contribution in [1.82, 2.24) is 4.90 Å². The van der Waals surface area contributed by atoms with Crippen LogP contribution in [0.1, 0.15) is 5.56 Å². The van der Waals surface area contributed by atoms with E-state index >= 15 is 0 Å². The van der Waals surface area contributed by atoms with Crippen molar-refractivity contribution in [2.75, 3.05) is 50.8 Å². The second-order valence-electron chi connectivity index (χ2n) is 6.64. The van der Waals surface area contributed by atoms with E-state index in [1.807, 2.05) is 29.7 Å². The Bertz CT molecular complexity index is 850. The van der Waals surface area contributed by atoms with E-state index in [9.17, 15) is 8.42 Å². The summed E-state index contributed by atoms with van der Waals surface area (Å²) in [6.45, 7) is 4.53. The summed E-state index contributed by atoms with van der Waals surface area (Å²) in [4.78, 5) is 7.93. The topological polar surface area (TPSA) is 71.4 Å². The third kappa shape index (κ3) is 3.61. The fourth-order valence-corrected chi connectivity index (χ4v) is 6.71. The van der Waals surface area contributed by atoms with Gasteiger partial charge in [0, 0.05) is 32.2 Å². The molecular weight excluding hydrogens is 386 g/mol. The van der Waals surface area contributed by atoms with Gasteiger partial charge < -0.3 is 9.57 Å². The van der Waals surface area contributed by atoms with Gasteiger partial charge >= 0.3 is 0 Å². The molecule has 0 amide bonds. The summed E-state index contributed by atoms with van der Waals surface area (Å²) < 4.78 is 32.7. The van der Waals surface area contributed by atoms with E-state index in [2.05, 4.69) is 10.1 Å². The SMILES string of the molecule is CN1c2ccccc2/C(=N\OCCN2CCOCC2)C2SC=CC2S1(=O)=O. The summed E-state index contributed by atoms with van der Waals surface area (Å²) >= 11 is 1.48. The van der Waals surface area contributed by atoms with Crippen LogP contribution in [0.3, 0.4) is 0 Å². The maximum atomic E-state index is 13.0. The molecular formula is C18H23N3O4S2. The number of para-hydroxylation sites is 1. The number of benzene rings is 1. The molecule has 0 N–H and O–H groups in total. The van der Waals surface area contributed by atoms with Gasteiger partial charge in [-0.1, -0.05) is 29.4 Å². The van der Waals surface area contributed by atoms with E-state index in [1.165, 1.54) is 16.1 Å². The zero-order valence-corrected chi connectivity index (χ0v) is 16.8. The van der Waals surface area contributed by atoms with Gasteiger partial charge in [-0.3, -0.25) is 9.21 Å². The van der Waals surface area contributed by atoms with Crippen LogP contribution in [0.2, 0.25) is 0 Å². The van der Waals surface area contributed by atoms with Gasteiger partial charge in [-0.15, -0.1) is 11.8 Å². The molecule has 4 rings (SSSR count). The van der Waals surface area contributed by atoms with Crippen LogP contribution in [0.4, 0.5) is 5.69 Å². The van der Waals surface area contributed by atoms with Gasteiger partial charge in [0.05, 0.1) is 24.2 Å². The molecule has 0 spiro atoms. The highest BCUT2D eigenvalue weighted by atomic mass is 32.2. The molecule has 0 aromatic heterocycles. The molecule has 27 heavy (non-hydrogen) atoms. The largest absolute Gasteiger partial charge is 0.394 e. The van der Waals surface area contributed by atoms with Crippen LogP contribution in [0.25, 0.3) is 0 Å². The number of hydrogen-bond acceptors (Lipinski definition) is 7. The van der Waals surface area contributed by atoms with Crippen molar-refractivity contribution >= 4 is 33.2 Å². The molecule has 1 aromatic rings. The van der Waals surface area contributed by atoms with Gasteiger partial charge in [0.25, 0.3) is 0 Å². The first-order chi connectivity index (χ1) is 13.1. The van der Waals surface area contributed by atoms with Gasteiger partial charge in [0.2, 0.25) is 10.0 Å². The molecule has 0 radical (unpaired) electrons. The number of nitrogens with zero attached hydrogens (tertiary/aromatic N) is 3. The van der Waals surface area contributed by atoms with Crippen molar-refractivity contribution < 1.29 is 18.0 Å². The molecule has 2 atom stereocenters. The molecule has 0 aliphatic carbocycles. The number of sulfonamides is 1. The quantitative estimate of drug-likeness (QED) is 0.555. The first-order valence-electron chi connectivity index (χ1n) is 8.98. The summed E-state index contributed by atoms with van der Waals surface area (Å²) in [5, 5.41) is 5.32. The average Bonchev–Trinajstić information content (AvgIpc) is 3.16. The molecule has 1 aromatic carbocycles. The Kier molecular flexibility index (Phi) is 5.45. The number of ether oxygens (including phenoxy) is 1. The van der Waals surface area contributed by atoms with Crippen molar-refractivity contribution in [3.63, 3.8) is 0 Å². The molecule has 1 fully saturated rings. The lowest BCUT2D eigenvalue weighted by molar-refractivity contribution is 0.0212. The fraction of sp³-hybridized carbons (Fsp3) is 0.500. The van der Waals surface area contributed by atoms with E-state index in [-0.39, 0.29) is 5.25 Å². The van der Waals surface area contributed by atoms with Crippen LogP contribution in [-0.2, 0) is 19.6 Å². The summed E-state index contributed by atoms with van der Waals surface area (Å²) in [6.07, 6.45) is 1.75. The molecule has 2 unspecified atom stereocenters. The highest BCUT2D eigenvalue weighted by Crippen LogP contribution is 2.40. The second kappa shape index (κ2) is 7.83. The smallest absolute Gasteiger partial charge is 0.242 e. The average molecular weight is 410 g/mol. The Labute approximate surface area is 164 Å². The van der Waals surface area contributed by atoms with Crippen molar-refractivity contribution in [3.8, 4) is 0 Å². The van der Waals surface area contributed by atoms with Crippen molar-refractivity contribution in [3.05, 3.63) is 41.3 Å². The zero-order valence-electron chi connectivity index (χ0n) is 15.2. The molecule has 1 saturated heterocycles. The Balaban J connectivity index is 1.59. The number of oxime groups is 1. The van der Waals surface area contributed by atoms with E-state index in [4.69, 9.17) is 9.57 Å². The number of hydrogen-bond donors (Lipinski definition) is 0. The predicted molar refractivity (Wildman–Crippen MR) is 108 cm³/mol. The van der Waals surface area contributed by atoms with E-state index < -0.39 is 15.3 Å². The summed E-state index contributed by atoms with van der Waals surface area (Å²) in [5.74, 6) is 0. The van der Waals surface area contributed by atoms with Crippen LogP contribution in [0, 0.1) is 0 Å². The maximum absolute atomic E-state index is 13.0. The van der Waals surface area contributed by atoms with Crippen LogP contribution < -0.4 is 4.31 Å². The monoisotopic (exact) mass is 409 g/mol. The Morgan fingerprint density at radius 1 is 1.30 bits per heavy atom. The van der Waals surface area contributed by atoms with Crippen LogP contribution in [0.15, 0.2) is 40.9 Å². The van der Waals surface area contributed by atoms with Gasteiger partial charge in [-0.05, 0) is 11.5 Å². The van der Waals surface area contributed by atoms with Gasteiger partial charge in [-0.2, -0.15) is 0 Å². The summed E-state index contributed by atoms with van der Waals surface area (Å²) in [7, 11) is -1.90. The molecule has 146 valence electrons. The maximum Gasteiger partial charge on any atom is 0.242 e. The number of anilines is 1. The number of fused-ring (bicyclic) bond motifs is 2. The van der Waals surface area contributed by atoms with Crippen LogP contribution in [0.5, 0.6) is 0 Å². The van der Waals surface area contributed by atoms with Crippen molar-refractivity contribution in [1.29, 1.82) is 0 Å². The number of rotatable bonds is 4. The Morgan fingerprint density at radius 3 is 2.89 bits per heavy atom. The molecule has 9 heteroatoms. The highest BCUT2D eigenvalue weighted by molar-refractivity contribution is 8.05. The predicted octanol–water partition coefficient (Wildman–Crippen LogP) is 1.52. The molecule has 3 aliphatic rings. The standard InChI is InChI=1S/C18H23N3O4S2/c1-20-15-5-3-2-4-14(15)17(18-16(6-13-26-18)27(20,22)23)19-25-12-9-21-7-10-24-11-8-21/h2-6,13,16,18H,7-12H2,1H3/b19-17+. The number of thioether (sulfide) groups is 1. The van der Waals surface area contributed by atoms with Gasteiger partial charge in [-0.25, -0.2) is 8.42 Å². The Morgan fingerprint density at radius 2 is 2.07 bits per heavy atom. The Hall–Kier alpha value is -1.55. The minimum absolute atomic E-state index is 0.301. The lowest BCUT2D eigenvalue weighted by atomic mass is 10.0. The third-order valence-corrected chi connectivity index (χ3v) is 8.45. The van der Waals surface area contributed by atoms with E-state index in [0.29, 0.717) is 18.0 Å². The fourth-order valence-electron chi connectivity index (χ4n) is 3.51. The van der Waals surface area contributed by atoms with Crippen molar-refractivity contribution in [2.45, 2.75) is 10.5 Å². The zero-order chi connectivity index (χ0) is 18.9. The van der Waals surface area contributed by atoms with Gasteiger partial charge in [0.1, 0.15) is 17.6 Å². The second-order valence-corrected chi connectivity index (χ2v) is 9.82. The number of morpholine rings is 1. The highest BCUT2D eigenvalue weighted by Gasteiger charge is 2.45. The lowest BCUT2D eigenvalue weighted by Gasteiger charge is -2.25. The lowest BCUT2D eigenvalue weighted by Crippen LogP contribution is -2.39. The van der Waals surface area contributed by atoms with Gasteiger partial charge in [0.15, 0.2) is 0 Å². The molecule has 0 bridgehead atoms.